The third-order valence-electron chi connectivity index (χ3n) is 4.45. The highest BCUT2D eigenvalue weighted by Gasteiger charge is 2.34. The van der Waals surface area contributed by atoms with E-state index >= 15 is 0 Å². The molecule has 0 saturated carbocycles. The summed E-state index contributed by atoms with van der Waals surface area (Å²) in [5.74, 6) is -0.202. The molecule has 29 heavy (non-hydrogen) atoms. The zero-order chi connectivity index (χ0) is 20.2. The van der Waals surface area contributed by atoms with Gasteiger partial charge in [-0.1, -0.05) is 54.1 Å². The summed E-state index contributed by atoms with van der Waals surface area (Å²) in [7, 11) is 0. The van der Waals surface area contributed by atoms with Gasteiger partial charge in [-0.3, -0.25) is 15.0 Å². The van der Waals surface area contributed by atoms with Crippen molar-refractivity contribution in [2.75, 3.05) is 5.01 Å². The van der Waals surface area contributed by atoms with Crippen LogP contribution in [0.25, 0.3) is 6.08 Å². The number of nitrogens with zero attached hydrogens (tertiary/aromatic N) is 1. The van der Waals surface area contributed by atoms with Gasteiger partial charge in [0.15, 0.2) is 0 Å². The maximum Gasteiger partial charge on any atom is 0.282 e. The van der Waals surface area contributed by atoms with Crippen LogP contribution in [0.1, 0.15) is 16.7 Å². The Labute approximate surface area is 169 Å². The van der Waals surface area contributed by atoms with Crippen molar-refractivity contribution in [2.45, 2.75) is 13.5 Å². The van der Waals surface area contributed by atoms with Crippen molar-refractivity contribution in [1.82, 2.24) is 5.43 Å². The summed E-state index contributed by atoms with van der Waals surface area (Å²) in [4.78, 5) is 25.0. The number of nitrogens with one attached hydrogen (secondary N) is 1. The second-order valence-corrected chi connectivity index (χ2v) is 6.68. The monoisotopic (exact) mass is 382 g/mol. The van der Waals surface area contributed by atoms with Crippen molar-refractivity contribution in [3.05, 3.63) is 101 Å². The fourth-order valence-corrected chi connectivity index (χ4v) is 3.05. The Kier molecular flexibility index (Phi) is 5.00. The van der Waals surface area contributed by atoms with Crippen LogP contribution in [-0.2, 0) is 16.2 Å². The number of hydrogen-bond donors (Lipinski definition) is 1. The number of hydrogen-bond acceptors (Lipinski definition) is 3. The van der Waals surface area contributed by atoms with Gasteiger partial charge in [0, 0.05) is 6.07 Å². The van der Waals surface area contributed by atoms with Gasteiger partial charge < -0.3 is 4.74 Å². The van der Waals surface area contributed by atoms with Gasteiger partial charge in [-0.25, -0.2) is 5.01 Å². The Hall–Kier alpha value is -4.04. The quantitative estimate of drug-likeness (QED) is 0.541. The van der Waals surface area contributed by atoms with Crippen molar-refractivity contribution in [1.29, 1.82) is 0 Å². The minimum atomic E-state index is -0.450. The molecule has 2 amide bonds. The zero-order valence-electron chi connectivity index (χ0n) is 15.8. The maximum atomic E-state index is 12.7. The van der Waals surface area contributed by atoms with Gasteiger partial charge in [0.25, 0.3) is 11.8 Å². The van der Waals surface area contributed by atoms with Gasteiger partial charge in [0.05, 0.1) is 5.69 Å². The van der Waals surface area contributed by atoms with E-state index in [0.29, 0.717) is 23.6 Å². The topological polar surface area (TPSA) is 58.6 Å². The number of amides is 2. The minimum Gasteiger partial charge on any atom is -0.489 e. The molecule has 1 aliphatic rings. The molecule has 0 atom stereocenters. The van der Waals surface area contributed by atoms with E-state index in [0.717, 1.165) is 5.56 Å². The molecule has 0 bridgehead atoms. The molecule has 0 radical (unpaired) electrons. The summed E-state index contributed by atoms with van der Waals surface area (Å²) in [6, 6.07) is 25.8. The molecule has 4 rings (SSSR count). The Morgan fingerprint density at radius 2 is 1.93 bits per heavy atom. The summed E-state index contributed by atoms with van der Waals surface area (Å²) in [6.07, 6.45) is 1.57. The van der Waals surface area contributed by atoms with Crippen LogP contribution in [0.2, 0.25) is 0 Å². The zero-order valence-corrected chi connectivity index (χ0v) is 15.8. The molecule has 5 nitrogen and oxygen atoms in total. The molecule has 1 N–H and O–H groups in total. The first-order valence-electron chi connectivity index (χ1n) is 9.13. The number of benzene rings is 2. The Morgan fingerprint density at radius 1 is 1.07 bits per heavy atom. The fourth-order valence-electron chi connectivity index (χ4n) is 3.05. The highest BCUT2D eigenvalue weighted by molar-refractivity contribution is 6.31. The van der Waals surface area contributed by atoms with Crippen LogP contribution in [0.5, 0.6) is 5.75 Å². The van der Waals surface area contributed by atoms with E-state index in [1.54, 1.807) is 30.3 Å². The van der Waals surface area contributed by atoms with Crippen molar-refractivity contribution >= 4 is 23.6 Å². The number of rotatable bonds is 5. The van der Waals surface area contributed by atoms with E-state index in [9.17, 15) is 9.59 Å². The lowest BCUT2D eigenvalue weighted by atomic mass is 10.1. The molecular weight excluding hydrogens is 364 g/mol. The molecule has 1 fully saturated rings. The highest BCUT2D eigenvalue weighted by atomic mass is 16.5. The van der Waals surface area contributed by atoms with Crippen LogP contribution >= 0.6 is 0 Å². The number of hydrazine groups is 1. The van der Waals surface area contributed by atoms with Crippen LogP contribution < -0.4 is 15.2 Å². The third-order valence-corrected chi connectivity index (χ3v) is 4.45. The highest BCUT2D eigenvalue weighted by Crippen LogP contribution is 2.22. The van der Waals surface area contributed by atoms with Gasteiger partial charge in [-0.2, -0.15) is 0 Å². The first kappa shape index (κ1) is 18.3. The van der Waals surface area contributed by atoms with Gasteiger partial charge in [0.2, 0.25) is 0 Å². The lowest BCUT2D eigenvalue weighted by molar-refractivity contribution is -0.117. The van der Waals surface area contributed by atoms with Crippen molar-refractivity contribution in [3.63, 3.8) is 0 Å². The van der Waals surface area contributed by atoms with Crippen molar-refractivity contribution < 1.29 is 14.3 Å². The van der Waals surface area contributed by atoms with E-state index in [-0.39, 0.29) is 5.57 Å². The Morgan fingerprint density at radius 3 is 2.72 bits per heavy atom. The van der Waals surface area contributed by atoms with E-state index < -0.39 is 11.8 Å². The Balaban J connectivity index is 1.51. The lowest BCUT2D eigenvalue weighted by Crippen LogP contribution is -2.35. The predicted octanol–water partition coefficient (Wildman–Crippen LogP) is 3.64. The number of carbonyl (C=O) groups is 2. The SMILES string of the molecule is Cc1cccc(COc2cccc(/C=C3/C(=O)NN(c4cc#ccc4)C3=O)c2)c1. The van der Waals surface area contributed by atoms with Crippen molar-refractivity contribution in [3.8, 4) is 5.75 Å². The molecule has 0 unspecified atom stereocenters. The van der Waals surface area contributed by atoms with E-state index in [4.69, 9.17) is 4.74 Å². The average Bonchev–Trinajstić information content (AvgIpc) is 3.02. The first-order valence-corrected chi connectivity index (χ1v) is 9.13. The van der Waals surface area contributed by atoms with Gasteiger partial charge in [-0.15, -0.1) is 0 Å². The van der Waals surface area contributed by atoms with Gasteiger partial charge in [0.1, 0.15) is 17.9 Å². The largest absolute Gasteiger partial charge is 0.489 e. The van der Waals surface area contributed by atoms with E-state index in [2.05, 4.69) is 23.6 Å². The Bertz CT molecular complexity index is 1090. The molecule has 1 saturated heterocycles. The molecule has 0 aliphatic carbocycles. The number of carbonyl (C=O) groups excluding carboxylic acids is 2. The summed E-state index contributed by atoms with van der Waals surface area (Å²) in [5.41, 5.74) is 6.12. The van der Waals surface area contributed by atoms with Crippen molar-refractivity contribution in [2.24, 2.45) is 0 Å². The lowest BCUT2D eigenvalue weighted by Gasteiger charge is -2.12. The minimum absolute atomic E-state index is 0.0636. The van der Waals surface area contributed by atoms with Crippen LogP contribution in [0, 0.1) is 19.1 Å². The predicted molar refractivity (Wildman–Crippen MR) is 110 cm³/mol. The molecule has 0 aromatic heterocycles. The molecule has 3 aromatic carbocycles. The van der Waals surface area contributed by atoms with E-state index in [1.807, 2.05) is 43.3 Å². The van der Waals surface area contributed by atoms with Crippen LogP contribution in [0.15, 0.2) is 72.3 Å². The smallest absolute Gasteiger partial charge is 0.282 e. The summed E-state index contributed by atoms with van der Waals surface area (Å²) in [5, 5.41) is 1.20. The molecule has 1 aliphatic heterocycles. The van der Waals surface area contributed by atoms with Crippen LogP contribution in [0.3, 0.4) is 0 Å². The summed E-state index contributed by atoms with van der Waals surface area (Å²) >= 11 is 0. The molecule has 5 heteroatoms. The second-order valence-electron chi connectivity index (χ2n) is 6.68. The molecule has 142 valence electrons. The van der Waals surface area contributed by atoms with Gasteiger partial charge in [-0.05, 0) is 48.4 Å². The third kappa shape index (κ3) is 4.12. The molecular formula is C24H18N2O3. The summed E-state index contributed by atoms with van der Waals surface area (Å²) < 4.78 is 5.86. The standard InChI is InChI=1S/C24H18N2O3/c1-17-7-5-9-19(13-17)16-29-21-12-6-8-18(14-21)15-22-23(27)25-26(24(22)28)20-10-3-2-4-11-20/h3,5-15H,16H2,1H3,(H,25,27)/b22-15-. The first-order chi connectivity index (χ1) is 14.1. The number of anilines is 1. The van der Waals surface area contributed by atoms with Crippen LogP contribution in [0.4, 0.5) is 5.69 Å². The summed E-state index contributed by atoms with van der Waals surface area (Å²) in [6.45, 7) is 2.48. The normalized spacial score (nSPS) is 14.7. The maximum absolute atomic E-state index is 12.7. The molecule has 3 aromatic rings. The number of aryl methyl sites for hydroxylation is 1. The average molecular weight is 382 g/mol. The molecule has 1 heterocycles. The van der Waals surface area contributed by atoms with Crippen LogP contribution in [-0.4, -0.2) is 11.8 Å². The second kappa shape index (κ2) is 7.91. The van der Waals surface area contributed by atoms with Gasteiger partial charge >= 0.3 is 0 Å². The number of ether oxygens (including phenoxy) is 1. The fraction of sp³-hybridized carbons (Fsp3) is 0.0833. The molecule has 0 spiro atoms. The van der Waals surface area contributed by atoms with E-state index in [1.165, 1.54) is 10.6 Å².